The summed E-state index contributed by atoms with van der Waals surface area (Å²) in [5.41, 5.74) is 0. The van der Waals surface area contributed by atoms with Gasteiger partial charge in [0, 0.05) is 12.8 Å². The van der Waals surface area contributed by atoms with Crippen molar-refractivity contribution in [3.05, 3.63) is 36.5 Å². The van der Waals surface area contributed by atoms with E-state index in [2.05, 4.69) is 55.6 Å². The van der Waals surface area contributed by atoms with Gasteiger partial charge in [-0.05, 0) is 83.5 Å². The highest BCUT2D eigenvalue weighted by Gasteiger charge is 2.20. The van der Waals surface area contributed by atoms with Gasteiger partial charge in [-0.25, -0.2) is 0 Å². The predicted molar refractivity (Wildman–Crippen MR) is 347 cm³/mol. The molecule has 0 aliphatic heterocycles. The molecule has 0 heterocycles. The molecule has 6 heteroatoms. The third-order valence-corrected chi connectivity index (χ3v) is 16.7. The lowest BCUT2D eigenvalue weighted by Gasteiger charge is -2.22. The molecule has 0 aromatic heterocycles. The number of carbonyl (C=O) groups excluding carboxylic acids is 2. The van der Waals surface area contributed by atoms with Crippen LogP contribution in [0.2, 0.25) is 0 Å². The van der Waals surface area contributed by atoms with Crippen LogP contribution in [0.1, 0.15) is 393 Å². The number of nitrogens with one attached hydrogen (secondary N) is 1. The van der Waals surface area contributed by atoms with Gasteiger partial charge in [0.1, 0.15) is 0 Å². The zero-order valence-corrected chi connectivity index (χ0v) is 53.4. The van der Waals surface area contributed by atoms with E-state index in [0.29, 0.717) is 25.9 Å². The summed E-state index contributed by atoms with van der Waals surface area (Å²) in [5, 5.41) is 23.4. The Morgan fingerprint density at radius 2 is 0.633 bits per heavy atom. The van der Waals surface area contributed by atoms with Crippen LogP contribution in [0, 0.1) is 0 Å². The highest BCUT2D eigenvalue weighted by molar-refractivity contribution is 5.76. The Bertz CT molecular complexity index is 1280. The number of rotatable bonds is 67. The Hall–Kier alpha value is -1.92. The smallest absolute Gasteiger partial charge is 0.305 e. The standard InChI is InChI=1S/C73H139NO5/c1-3-5-7-9-11-13-15-17-19-21-23-24-26-30-33-37-41-45-49-53-57-61-65-71(76)70(69-75)74-72(77)66-62-58-54-50-46-42-38-34-31-27-25-28-32-36-40-44-48-52-56-60-64-68-79-73(78)67-63-59-55-51-47-43-39-35-29-22-20-18-16-14-12-10-8-6-4-2/h12,14,18,20,27,31,70-71,75-76H,3-11,13,15-17,19,21-26,28-30,32-69H2,1-2H3,(H,74,77)/b14-12-,20-18-,31-27-. The molecular formula is C73H139NO5. The van der Waals surface area contributed by atoms with E-state index < -0.39 is 12.1 Å². The van der Waals surface area contributed by atoms with Gasteiger partial charge in [-0.1, -0.05) is 333 Å². The van der Waals surface area contributed by atoms with E-state index in [1.807, 2.05) is 0 Å². The van der Waals surface area contributed by atoms with Crippen LogP contribution in [0.3, 0.4) is 0 Å². The maximum Gasteiger partial charge on any atom is 0.305 e. The van der Waals surface area contributed by atoms with Gasteiger partial charge in [0.15, 0.2) is 0 Å². The van der Waals surface area contributed by atoms with Gasteiger partial charge in [0.05, 0.1) is 25.4 Å². The lowest BCUT2D eigenvalue weighted by Crippen LogP contribution is -2.45. The van der Waals surface area contributed by atoms with Crippen molar-refractivity contribution >= 4 is 11.9 Å². The summed E-state index contributed by atoms with van der Waals surface area (Å²) >= 11 is 0. The van der Waals surface area contributed by atoms with E-state index in [1.165, 1.54) is 308 Å². The van der Waals surface area contributed by atoms with Gasteiger partial charge in [-0.3, -0.25) is 9.59 Å². The number of hydrogen-bond donors (Lipinski definition) is 3. The summed E-state index contributed by atoms with van der Waals surface area (Å²) in [4.78, 5) is 24.7. The molecule has 0 bridgehead atoms. The first-order chi connectivity index (χ1) is 39.0. The maximum atomic E-state index is 12.5. The predicted octanol–water partition coefficient (Wildman–Crippen LogP) is 23.1. The molecule has 0 saturated carbocycles. The number of allylic oxidation sites excluding steroid dienone is 6. The van der Waals surface area contributed by atoms with Crippen molar-refractivity contribution in [2.24, 2.45) is 0 Å². The average Bonchev–Trinajstić information content (AvgIpc) is 3.45. The molecule has 6 nitrogen and oxygen atoms in total. The summed E-state index contributed by atoms with van der Waals surface area (Å²) < 4.78 is 5.50. The molecule has 0 aromatic rings. The van der Waals surface area contributed by atoms with Crippen molar-refractivity contribution in [1.29, 1.82) is 0 Å². The van der Waals surface area contributed by atoms with Gasteiger partial charge in [0.25, 0.3) is 0 Å². The zero-order valence-electron chi connectivity index (χ0n) is 53.4. The number of carbonyl (C=O) groups is 2. The number of aliphatic hydroxyl groups is 2. The first kappa shape index (κ1) is 77.1. The van der Waals surface area contributed by atoms with Crippen LogP contribution >= 0.6 is 0 Å². The van der Waals surface area contributed by atoms with Gasteiger partial charge >= 0.3 is 5.97 Å². The minimum absolute atomic E-state index is 0.00526. The summed E-state index contributed by atoms with van der Waals surface area (Å²) in [5.74, 6) is -0.0336. The number of unbranched alkanes of at least 4 members (excludes halogenated alkanes) is 50. The molecule has 79 heavy (non-hydrogen) atoms. The molecule has 0 saturated heterocycles. The fraction of sp³-hybridized carbons (Fsp3) is 0.890. The summed E-state index contributed by atoms with van der Waals surface area (Å²) in [6.45, 7) is 4.95. The Labute approximate surface area is 494 Å². The lowest BCUT2D eigenvalue weighted by atomic mass is 10.0. The highest BCUT2D eigenvalue weighted by Crippen LogP contribution is 2.19. The van der Waals surface area contributed by atoms with Gasteiger partial charge in [-0.2, -0.15) is 0 Å². The molecule has 2 unspecified atom stereocenters. The van der Waals surface area contributed by atoms with Crippen molar-refractivity contribution in [2.45, 2.75) is 405 Å². The summed E-state index contributed by atoms with van der Waals surface area (Å²) in [7, 11) is 0. The second-order valence-electron chi connectivity index (χ2n) is 24.6. The first-order valence-corrected chi connectivity index (χ1v) is 35.7. The van der Waals surface area contributed by atoms with Gasteiger partial charge < -0.3 is 20.3 Å². The number of ether oxygens (including phenoxy) is 1. The van der Waals surface area contributed by atoms with Crippen molar-refractivity contribution < 1.29 is 24.5 Å². The van der Waals surface area contributed by atoms with Crippen LogP contribution in [-0.4, -0.2) is 47.4 Å². The Kier molecular flexibility index (Phi) is 66.9. The first-order valence-electron chi connectivity index (χ1n) is 35.7. The van der Waals surface area contributed by atoms with E-state index >= 15 is 0 Å². The number of hydrogen-bond acceptors (Lipinski definition) is 5. The SMILES string of the molecule is CCCCC/C=C\C/C=C\CCCCCCCCCCCC(=O)OCCCCCCCCCCCC/C=C\CCCCCCCCCC(=O)NC(CO)C(O)CCCCCCCCCCCCCCCCCCCCCCCC. The van der Waals surface area contributed by atoms with Crippen molar-refractivity contribution in [1.82, 2.24) is 5.32 Å². The molecular weight excluding hydrogens is 971 g/mol. The van der Waals surface area contributed by atoms with Crippen LogP contribution < -0.4 is 5.32 Å². The number of esters is 1. The highest BCUT2D eigenvalue weighted by atomic mass is 16.5. The fourth-order valence-electron chi connectivity index (χ4n) is 11.2. The van der Waals surface area contributed by atoms with Crippen LogP contribution in [0.4, 0.5) is 0 Å². The van der Waals surface area contributed by atoms with Crippen LogP contribution in [0.15, 0.2) is 36.5 Å². The fourth-order valence-corrected chi connectivity index (χ4v) is 11.2. The van der Waals surface area contributed by atoms with Crippen molar-refractivity contribution in [2.75, 3.05) is 13.2 Å². The minimum Gasteiger partial charge on any atom is -0.466 e. The topological polar surface area (TPSA) is 95.9 Å². The number of aliphatic hydroxyl groups excluding tert-OH is 2. The maximum absolute atomic E-state index is 12.5. The molecule has 2 atom stereocenters. The molecule has 0 aromatic carbocycles. The van der Waals surface area contributed by atoms with Crippen molar-refractivity contribution in [3.8, 4) is 0 Å². The van der Waals surface area contributed by atoms with Crippen molar-refractivity contribution in [3.63, 3.8) is 0 Å². The van der Waals surface area contributed by atoms with Gasteiger partial charge in [-0.15, -0.1) is 0 Å². The van der Waals surface area contributed by atoms with E-state index in [9.17, 15) is 19.8 Å². The normalized spacial score (nSPS) is 12.7. The summed E-state index contributed by atoms with van der Waals surface area (Å²) in [6, 6.07) is -0.549. The van der Waals surface area contributed by atoms with Crippen LogP contribution in [-0.2, 0) is 14.3 Å². The molecule has 0 spiro atoms. The Balaban J connectivity index is 3.41. The largest absolute Gasteiger partial charge is 0.466 e. The monoisotopic (exact) mass is 1110 g/mol. The van der Waals surface area contributed by atoms with E-state index in [4.69, 9.17) is 4.74 Å². The molecule has 0 aliphatic carbocycles. The zero-order chi connectivity index (χ0) is 57.1. The minimum atomic E-state index is -0.671. The Morgan fingerprint density at radius 1 is 0.354 bits per heavy atom. The van der Waals surface area contributed by atoms with Crippen LogP contribution in [0.5, 0.6) is 0 Å². The molecule has 0 fully saturated rings. The lowest BCUT2D eigenvalue weighted by molar-refractivity contribution is -0.143. The third kappa shape index (κ3) is 65.1. The second kappa shape index (κ2) is 68.6. The molecule has 0 aliphatic rings. The molecule has 466 valence electrons. The third-order valence-electron chi connectivity index (χ3n) is 16.7. The van der Waals surface area contributed by atoms with Gasteiger partial charge in [0.2, 0.25) is 5.91 Å². The second-order valence-corrected chi connectivity index (χ2v) is 24.6. The molecule has 0 rings (SSSR count). The Morgan fingerprint density at radius 3 is 1.00 bits per heavy atom. The quantitative estimate of drug-likeness (QED) is 0.0320. The molecule has 1 amide bonds. The molecule has 3 N–H and O–H groups in total. The van der Waals surface area contributed by atoms with E-state index in [1.54, 1.807) is 0 Å². The summed E-state index contributed by atoms with van der Waals surface area (Å²) in [6.07, 6.45) is 87.5. The van der Waals surface area contributed by atoms with E-state index in [0.717, 1.165) is 51.4 Å². The number of amides is 1. The average molecular weight is 1110 g/mol. The van der Waals surface area contributed by atoms with E-state index in [-0.39, 0.29) is 18.5 Å². The molecule has 0 radical (unpaired) electrons. The van der Waals surface area contributed by atoms with Crippen LogP contribution in [0.25, 0.3) is 0 Å².